The van der Waals surface area contributed by atoms with Gasteiger partial charge in [0.1, 0.15) is 11.4 Å². The Balaban J connectivity index is 1.96. The fraction of sp³-hybridized carbons (Fsp3) is 0.538. The van der Waals surface area contributed by atoms with E-state index in [-0.39, 0.29) is 5.69 Å². The van der Waals surface area contributed by atoms with Gasteiger partial charge in [-0.1, -0.05) is 12.5 Å². The molecule has 2 rings (SSSR count). The number of anilines is 2. The summed E-state index contributed by atoms with van der Waals surface area (Å²) in [5.41, 5.74) is 3.18. The van der Waals surface area contributed by atoms with Crippen molar-refractivity contribution in [3.05, 3.63) is 28.3 Å². The second kappa shape index (κ2) is 7.06. The van der Waals surface area contributed by atoms with Gasteiger partial charge in [0, 0.05) is 13.1 Å². The summed E-state index contributed by atoms with van der Waals surface area (Å²) < 4.78 is 0. The summed E-state index contributed by atoms with van der Waals surface area (Å²) in [5.74, 6) is 5.31. The normalized spacial score (nSPS) is 15.8. The Morgan fingerprint density at radius 1 is 1.25 bits per heavy atom. The van der Waals surface area contributed by atoms with Crippen molar-refractivity contribution in [2.45, 2.75) is 19.3 Å². The first-order valence-corrected chi connectivity index (χ1v) is 6.92. The maximum Gasteiger partial charge on any atom is 0.316 e. The lowest BCUT2D eigenvalue weighted by Gasteiger charge is -2.26. The zero-order chi connectivity index (χ0) is 14.4. The van der Waals surface area contributed by atoms with Crippen molar-refractivity contribution in [3.63, 3.8) is 0 Å². The Labute approximate surface area is 118 Å². The molecule has 0 aromatic heterocycles. The lowest BCUT2D eigenvalue weighted by Crippen LogP contribution is -2.33. The number of nitrogen functional groups attached to an aromatic ring is 1. The highest BCUT2D eigenvalue weighted by molar-refractivity contribution is 5.75. The molecule has 20 heavy (non-hydrogen) atoms. The van der Waals surface area contributed by atoms with Crippen LogP contribution >= 0.6 is 0 Å². The monoisotopic (exact) mass is 279 g/mol. The fourth-order valence-corrected chi connectivity index (χ4v) is 2.53. The molecule has 1 aromatic rings. The number of para-hydroxylation sites is 1. The Hall–Kier alpha value is -1.86. The molecule has 0 saturated carbocycles. The van der Waals surface area contributed by atoms with Gasteiger partial charge in [0.25, 0.3) is 0 Å². The van der Waals surface area contributed by atoms with E-state index in [0.29, 0.717) is 17.9 Å². The summed E-state index contributed by atoms with van der Waals surface area (Å²) in [6, 6.07) is 5.04. The maximum atomic E-state index is 11.1. The van der Waals surface area contributed by atoms with Crippen LogP contribution in [-0.4, -0.2) is 36.0 Å². The molecule has 1 aliphatic heterocycles. The molecule has 7 heteroatoms. The quantitative estimate of drug-likeness (QED) is 0.417. The molecule has 1 saturated heterocycles. The van der Waals surface area contributed by atoms with Gasteiger partial charge in [-0.3, -0.25) is 16.0 Å². The number of hydrogen-bond donors (Lipinski definition) is 3. The smallest absolute Gasteiger partial charge is 0.316 e. The molecule has 0 bridgehead atoms. The number of likely N-dealkylation sites (tertiary alicyclic amines) is 1. The van der Waals surface area contributed by atoms with E-state index in [9.17, 15) is 10.1 Å². The van der Waals surface area contributed by atoms with Crippen LogP contribution in [-0.2, 0) is 0 Å². The number of rotatable bonds is 6. The van der Waals surface area contributed by atoms with Gasteiger partial charge in [-0.2, -0.15) is 0 Å². The summed E-state index contributed by atoms with van der Waals surface area (Å²) in [6.45, 7) is 3.83. The molecule has 1 aromatic carbocycles. The van der Waals surface area contributed by atoms with E-state index < -0.39 is 4.92 Å². The molecule has 0 atom stereocenters. The maximum absolute atomic E-state index is 11.1. The minimum atomic E-state index is -0.418. The van der Waals surface area contributed by atoms with Crippen LogP contribution in [0.15, 0.2) is 18.2 Å². The van der Waals surface area contributed by atoms with Crippen LogP contribution in [0.3, 0.4) is 0 Å². The number of benzene rings is 1. The van der Waals surface area contributed by atoms with Crippen LogP contribution in [0, 0.1) is 10.1 Å². The minimum absolute atomic E-state index is 0.00589. The topological polar surface area (TPSA) is 96.5 Å². The zero-order valence-corrected chi connectivity index (χ0v) is 11.5. The molecule has 7 nitrogen and oxygen atoms in total. The van der Waals surface area contributed by atoms with E-state index >= 15 is 0 Å². The van der Waals surface area contributed by atoms with Gasteiger partial charge in [-0.25, -0.2) is 0 Å². The number of nitrogens with one attached hydrogen (secondary N) is 2. The number of nitro benzene ring substituents is 1. The van der Waals surface area contributed by atoms with Gasteiger partial charge in [0.05, 0.1) is 4.92 Å². The van der Waals surface area contributed by atoms with Crippen molar-refractivity contribution in [1.82, 2.24) is 4.90 Å². The number of nitrogens with zero attached hydrogens (tertiary/aromatic N) is 2. The van der Waals surface area contributed by atoms with Gasteiger partial charge in [0.2, 0.25) is 0 Å². The van der Waals surface area contributed by atoms with Crippen LogP contribution in [0.1, 0.15) is 19.3 Å². The Bertz CT molecular complexity index is 460. The molecule has 1 aliphatic rings. The molecule has 1 fully saturated rings. The van der Waals surface area contributed by atoms with E-state index in [0.717, 1.165) is 19.6 Å². The summed E-state index contributed by atoms with van der Waals surface area (Å²) in [5, 5.41) is 14.3. The van der Waals surface area contributed by atoms with E-state index in [2.05, 4.69) is 15.6 Å². The highest BCUT2D eigenvalue weighted by atomic mass is 16.6. The van der Waals surface area contributed by atoms with Crippen molar-refractivity contribution >= 4 is 17.1 Å². The number of hydrazine groups is 1. The summed E-state index contributed by atoms with van der Waals surface area (Å²) in [7, 11) is 0. The van der Waals surface area contributed by atoms with Crippen molar-refractivity contribution in [1.29, 1.82) is 0 Å². The lowest BCUT2D eigenvalue weighted by atomic mass is 10.1. The van der Waals surface area contributed by atoms with E-state index in [1.54, 1.807) is 18.2 Å². The lowest BCUT2D eigenvalue weighted by molar-refractivity contribution is -0.383. The predicted octanol–water partition coefficient (Wildman–Crippen LogP) is 1.78. The van der Waals surface area contributed by atoms with Gasteiger partial charge in [-0.05, 0) is 38.1 Å². The average Bonchev–Trinajstić information content (AvgIpc) is 2.47. The van der Waals surface area contributed by atoms with E-state index in [1.165, 1.54) is 19.3 Å². The van der Waals surface area contributed by atoms with E-state index in [4.69, 9.17) is 5.84 Å². The second-order valence-corrected chi connectivity index (χ2v) is 4.93. The Kier molecular flexibility index (Phi) is 5.14. The molecule has 0 unspecified atom stereocenters. The molecule has 1 heterocycles. The molecular weight excluding hydrogens is 258 g/mol. The first kappa shape index (κ1) is 14.5. The minimum Gasteiger partial charge on any atom is -0.378 e. The first-order chi connectivity index (χ1) is 9.72. The second-order valence-electron chi connectivity index (χ2n) is 4.93. The average molecular weight is 279 g/mol. The van der Waals surface area contributed by atoms with Crippen molar-refractivity contribution in [3.8, 4) is 0 Å². The van der Waals surface area contributed by atoms with Gasteiger partial charge >= 0.3 is 5.69 Å². The molecule has 0 spiro atoms. The third-order valence-electron chi connectivity index (χ3n) is 3.57. The largest absolute Gasteiger partial charge is 0.378 e. The van der Waals surface area contributed by atoms with Crippen molar-refractivity contribution < 1.29 is 4.92 Å². The van der Waals surface area contributed by atoms with Crippen molar-refractivity contribution in [2.75, 3.05) is 36.9 Å². The van der Waals surface area contributed by atoms with E-state index in [1.807, 2.05) is 0 Å². The third kappa shape index (κ3) is 3.58. The van der Waals surface area contributed by atoms with Crippen LogP contribution in [0.25, 0.3) is 0 Å². The van der Waals surface area contributed by atoms with Crippen LogP contribution in [0.2, 0.25) is 0 Å². The van der Waals surface area contributed by atoms with Crippen LogP contribution in [0.5, 0.6) is 0 Å². The van der Waals surface area contributed by atoms with Gasteiger partial charge in [0.15, 0.2) is 0 Å². The Morgan fingerprint density at radius 2 is 1.95 bits per heavy atom. The summed E-state index contributed by atoms with van der Waals surface area (Å²) >= 11 is 0. The van der Waals surface area contributed by atoms with Crippen molar-refractivity contribution in [2.24, 2.45) is 5.84 Å². The SMILES string of the molecule is NNc1cccc(NCCN2CCCCC2)c1[N+](=O)[O-]. The summed E-state index contributed by atoms with van der Waals surface area (Å²) in [4.78, 5) is 13.1. The highest BCUT2D eigenvalue weighted by Gasteiger charge is 2.19. The zero-order valence-electron chi connectivity index (χ0n) is 11.5. The van der Waals surface area contributed by atoms with Crippen LogP contribution in [0.4, 0.5) is 17.1 Å². The van der Waals surface area contributed by atoms with Gasteiger partial charge in [-0.15, -0.1) is 0 Å². The number of nitro groups is 1. The highest BCUT2D eigenvalue weighted by Crippen LogP contribution is 2.31. The number of hydrogen-bond acceptors (Lipinski definition) is 6. The fourth-order valence-electron chi connectivity index (χ4n) is 2.53. The first-order valence-electron chi connectivity index (χ1n) is 6.92. The molecule has 0 radical (unpaired) electrons. The van der Waals surface area contributed by atoms with Crippen LogP contribution < -0.4 is 16.6 Å². The molecule has 0 aliphatic carbocycles. The number of piperidine rings is 1. The predicted molar refractivity (Wildman–Crippen MR) is 79.7 cm³/mol. The summed E-state index contributed by atoms with van der Waals surface area (Å²) in [6.07, 6.45) is 3.79. The molecule has 110 valence electrons. The van der Waals surface area contributed by atoms with Gasteiger partial charge < -0.3 is 15.6 Å². The molecular formula is C13H21N5O2. The number of nitrogens with two attached hydrogens (primary N) is 1. The Morgan fingerprint density at radius 3 is 2.60 bits per heavy atom. The standard InChI is InChI=1S/C13H21N5O2/c14-16-12-6-4-5-11(13(12)18(19)20)15-7-10-17-8-2-1-3-9-17/h4-6,15-16H,1-3,7-10,14H2. The third-order valence-corrected chi connectivity index (χ3v) is 3.57. The molecule has 4 N–H and O–H groups in total. The molecule has 0 amide bonds.